The summed E-state index contributed by atoms with van der Waals surface area (Å²) in [6, 6.07) is 9.22. The summed E-state index contributed by atoms with van der Waals surface area (Å²) < 4.78 is 7.90. The van der Waals surface area contributed by atoms with E-state index in [4.69, 9.17) is 27.6 Å². The number of benzene rings is 1. The maximum atomic E-state index is 6.19. The Labute approximate surface area is 145 Å². The van der Waals surface area contributed by atoms with Gasteiger partial charge in [-0.2, -0.15) is 0 Å². The van der Waals surface area contributed by atoms with E-state index in [0.717, 1.165) is 36.6 Å². The van der Waals surface area contributed by atoms with Crippen LogP contribution in [0.4, 0.5) is 0 Å². The topological polar surface area (TPSA) is 43.0 Å². The molecular formula is C17H17Cl2N3O. The second-order valence-corrected chi connectivity index (χ2v) is 6.06. The molecule has 23 heavy (non-hydrogen) atoms. The Balaban J connectivity index is 1.50. The van der Waals surface area contributed by atoms with E-state index >= 15 is 0 Å². The van der Waals surface area contributed by atoms with Crippen LogP contribution in [0.1, 0.15) is 12.2 Å². The number of imidazole rings is 1. The summed E-state index contributed by atoms with van der Waals surface area (Å²) in [7, 11) is 0. The van der Waals surface area contributed by atoms with Crippen molar-refractivity contribution in [2.75, 3.05) is 6.54 Å². The van der Waals surface area contributed by atoms with Crippen LogP contribution < -0.4 is 5.32 Å². The average molecular weight is 350 g/mol. The van der Waals surface area contributed by atoms with Crippen LogP contribution in [0.15, 0.2) is 53.5 Å². The van der Waals surface area contributed by atoms with Crippen LogP contribution in [0.5, 0.6) is 0 Å². The summed E-state index contributed by atoms with van der Waals surface area (Å²) in [6.07, 6.45) is 6.61. The van der Waals surface area contributed by atoms with Crippen molar-refractivity contribution in [1.82, 2.24) is 14.9 Å². The fraction of sp³-hybridized carbons (Fsp3) is 0.235. The van der Waals surface area contributed by atoms with Crippen molar-refractivity contribution in [3.63, 3.8) is 0 Å². The molecule has 120 valence electrons. The van der Waals surface area contributed by atoms with Gasteiger partial charge in [0, 0.05) is 29.5 Å². The normalized spacial score (nSPS) is 11.0. The van der Waals surface area contributed by atoms with E-state index in [1.165, 1.54) is 0 Å². The lowest BCUT2D eigenvalue weighted by molar-refractivity contribution is 0.484. The van der Waals surface area contributed by atoms with Crippen LogP contribution in [0, 0.1) is 0 Å². The summed E-state index contributed by atoms with van der Waals surface area (Å²) in [5, 5.41) is 4.64. The monoisotopic (exact) mass is 349 g/mol. The van der Waals surface area contributed by atoms with E-state index in [9.17, 15) is 0 Å². The molecule has 3 aromatic rings. The van der Waals surface area contributed by atoms with Gasteiger partial charge in [-0.25, -0.2) is 4.98 Å². The molecule has 0 radical (unpaired) electrons. The minimum Gasteiger partial charge on any atom is -0.460 e. The van der Waals surface area contributed by atoms with Crippen LogP contribution >= 0.6 is 23.2 Å². The Bertz CT molecular complexity index is 753. The zero-order valence-corrected chi connectivity index (χ0v) is 14.0. The number of rotatable bonds is 7. The van der Waals surface area contributed by atoms with Gasteiger partial charge in [-0.3, -0.25) is 0 Å². The molecule has 0 bridgehead atoms. The summed E-state index contributed by atoms with van der Waals surface area (Å²) in [6.45, 7) is 2.54. The Morgan fingerprint density at radius 2 is 2.09 bits per heavy atom. The molecule has 2 heterocycles. The molecule has 0 aliphatic rings. The van der Waals surface area contributed by atoms with Crippen LogP contribution in [0.25, 0.3) is 11.3 Å². The molecule has 0 saturated carbocycles. The molecule has 4 nitrogen and oxygen atoms in total. The summed E-state index contributed by atoms with van der Waals surface area (Å²) in [5.74, 6) is 1.60. The third-order valence-corrected chi connectivity index (χ3v) is 4.05. The largest absolute Gasteiger partial charge is 0.460 e. The highest BCUT2D eigenvalue weighted by Gasteiger charge is 2.09. The highest BCUT2D eigenvalue weighted by Crippen LogP contribution is 2.31. The molecule has 0 amide bonds. The predicted molar refractivity (Wildman–Crippen MR) is 92.7 cm³/mol. The quantitative estimate of drug-likeness (QED) is 0.632. The number of halogens is 2. The Kier molecular flexibility index (Phi) is 5.39. The number of hydrogen-bond acceptors (Lipinski definition) is 3. The summed E-state index contributed by atoms with van der Waals surface area (Å²) >= 11 is 12.2. The molecule has 3 rings (SSSR count). The van der Waals surface area contributed by atoms with Crippen LogP contribution in [0.2, 0.25) is 10.0 Å². The van der Waals surface area contributed by atoms with Crippen molar-refractivity contribution in [2.45, 2.75) is 19.5 Å². The Morgan fingerprint density at radius 3 is 2.91 bits per heavy atom. The Hall–Kier alpha value is -1.75. The maximum absolute atomic E-state index is 6.19. The smallest absolute Gasteiger partial charge is 0.135 e. The molecule has 0 aliphatic heterocycles. The van der Waals surface area contributed by atoms with E-state index in [1.807, 2.05) is 30.7 Å². The molecule has 0 spiro atoms. The van der Waals surface area contributed by atoms with Gasteiger partial charge in [-0.1, -0.05) is 23.2 Å². The van der Waals surface area contributed by atoms with Crippen molar-refractivity contribution in [2.24, 2.45) is 0 Å². The molecule has 0 atom stereocenters. The highest BCUT2D eigenvalue weighted by molar-refractivity contribution is 6.35. The van der Waals surface area contributed by atoms with Gasteiger partial charge in [-0.05, 0) is 43.3 Å². The second-order valence-electron chi connectivity index (χ2n) is 5.22. The second kappa shape index (κ2) is 7.68. The third-order valence-electron chi connectivity index (χ3n) is 3.48. The molecular weight excluding hydrogens is 333 g/mol. The fourth-order valence-corrected chi connectivity index (χ4v) is 2.70. The zero-order chi connectivity index (χ0) is 16.1. The summed E-state index contributed by atoms with van der Waals surface area (Å²) in [5.41, 5.74) is 0.811. The molecule has 1 aromatic carbocycles. The average Bonchev–Trinajstić information content (AvgIpc) is 3.21. The van der Waals surface area contributed by atoms with Crippen molar-refractivity contribution in [1.29, 1.82) is 0 Å². The number of nitrogens with one attached hydrogen (secondary N) is 1. The molecule has 0 saturated heterocycles. The van der Waals surface area contributed by atoms with E-state index in [2.05, 4.69) is 14.9 Å². The van der Waals surface area contributed by atoms with E-state index in [1.54, 1.807) is 18.3 Å². The van der Waals surface area contributed by atoms with E-state index in [-0.39, 0.29) is 0 Å². The molecule has 6 heteroatoms. The lowest BCUT2D eigenvalue weighted by Crippen LogP contribution is -2.15. The standard InChI is InChI=1S/C17H17Cl2N3O/c18-13-2-4-16(19)15(10-13)17-5-3-14(23-17)11-20-6-1-8-22-9-7-21-12-22/h2-5,7,9-10,12,20H,1,6,8,11H2. The molecule has 0 unspecified atom stereocenters. The minimum atomic E-state index is 0.628. The van der Waals surface area contributed by atoms with E-state index < -0.39 is 0 Å². The zero-order valence-electron chi connectivity index (χ0n) is 12.5. The van der Waals surface area contributed by atoms with Gasteiger partial charge in [0.1, 0.15) is 11.5 Å². The lowest BCUT2D eigenvalue weighted by Gasteiger charge is -2.04. The minimum absolute atomic E-state index is 0.628. The van der Waals surface area contributed by atoms with Gasteiger partial charge < -0.3 is 14.3 Å². The number of aromatic nitrogens is 2. The molecule has 1 N–H and O–H groups in total. The predicted octanol–water partition coefficient (Wildman–Crippen LogP) is 4.63. The van der Waals surface area contributed by atoms with Gasteiger partial charge in [0.05, 0.1) is 17.9 Å². The van der Waals surface area contributed by atoms with Gasteiger partial charge in [0.15, 0.2) is 0 Å². The fourth-order valence-electron chi connectivity index (χ4n) is 2.32. The number of nitrogens with zero attached hydrogens (tertiary/aromatic N) is 2. The first kappa shape index (κ1) is 16.1. The third kappa shape index (κ3) is 4.38. The van der Waals surface area contributed by atoms with Crippen LogP contribution in [0.3, 0.4) is 0 Å². The lowest BCUT2D eigenvalue weighted by atomic mass is 10.2. The van der Waals surface area contributed by atoms with Crippen LogP contribution in [-0.2, 0) is 13.1 Å². The molecule has 0 fully saturated rings. The SMILES string of the molecule is Clc1ccc(Cl)c(-c2ccc(CNCCCn3ccnc3)o2)c1. The molecule has 0 aliphatic carbocycles. The van der Waals surface area contributed by atoms with Crippen molar-refractivity contribution in [3.8, 4) is 11.3 Å². The van der Waals surface area contributed by atoms with Crippen molar-refractivity contribution in [3.05, 3.63) is 64.9 Å². The van der Waals surface area contributed by atoms with Crippen molar-refractivity contribution >= 4 is 23.2 Å². The highest BCUT2D eigenvalue weighted by atomic mass is 35.5. The maximum Gasteiger partial charge on any atom is 0.135 e. The first-order valence-electron chi connectivity index (χ1n) is 7.43. The number of furan rings is 1. The van der Waals surface area contributed by atoms with Gasteiger partial charge in [0.2, 0.25) is 0 Å². The molecule has 2 aromatic heterocycles. The first-order chi connectivity index (χ1) is 11.2. The van der Waals surface area contributed by atoms with Gasteiger partial charge in [-0.15, -0.1) is 0 Å². The Morgan fingerprint density at radius 1 is 1.17 bits per heavy atom. The van der Waals surface area contributed by atoms with Crippen molar-refractivity contribution < 1.29 is 4.42 Å². The first-order valence-corrected chi connectivity index (χ1v) is 8.18. The number of hydrogen-bond donors (Lipinski definition) is 1. The number of aryl methyl sites for hydroxylation is 1. The van der Waals surface area contributed by atoms with E-state index in [0.29, 0.717) is 16.6 Å². The summed E-state index contributed by atoms with van der Waals surface area (Å²) in [4.78, 5) is 4.02. The van der Waals surface area contributed by atoms with Gasteiger partial charge >= 0.3 is 0 Å². The van der Waals surface area contributed by atoms with Crippen LogP contribution in [-0.4, -0.2) is 16.1 Å². The van der Waals surface area contributed by atoms with Gasteiger partial charge in [0.25, 0.3) is 0 Å².